The molecule has 4 aliphatic rings. The third kappa shape index (κ3) is 4.13. The van der Waals surface area contributed by atoms with Gasteiger partial charge in [0, 0.05) is 10.4 Å². The molecule has 0 saturated heterocycles. The lowest BCUT2D eigenvalue weighted by Crippen LogP contribution is -2.59. The number of benzene rings is 1. The number of rotatable bonds is 5. The Kier molecular flexibility index (Phi) is 5.32. The fraction of sp³-hybridized carbons (Fsp3) is 0.591. The van der Waals surface area contributed by atoms with Crippen molar-refractivity contribution in [2.24, 2.45) is 17.3 Å². The van der Waals surface area contributed by atoms with Crippen molar-refractivity contribution in [1.29, 1.82) is 0 Å². The smallest absolute Gasteiger partial charge is 0.269 e. The second-order valence-corrected chi connectivity index (χ2v) is 9.93. The second-order valence-electron chi connectivity index (χ2n) is 9.13. The first kappa shape index (κ1) is 20.2. The van der Waals surface area contributed by atoms with Gasteiger partial charge in [-0.2, -0.15) is 0 Å². The molecule has 3 amide bonds. The average Bonchev–Trinajstić information content (AvgIpc) is 2.68. The van der Waals surface area contributed by atoms with Crippen molar-refractivity contribution in [3.63, 3.8) is 0 Å². The molecular formula is C22H28ClN3O3. The van der Waals surface area contributed by atoms with Gasteiger partial charge in [0.25, 0.3) is 11.8 Å². The van der Waals surface area contributed by atoms with Gasteiger partial charge >= 0.3 is 0 Å². The molecule has 29 heavy (non-hydrogen) atoms. The first-order chi connectivity index (χ1) is 13.8. The van der Waals surface area contributed by atoms with Gasteiger partial charge in [-0.15, -0.1) is 11.6 Å². The second kappa shape index (κ2) is 7.63. The van der Waals surface area contributed by atoms with E-state index in [2.05, 4.69) is 16.2 Å². The third-order valence-corrected chi connectivity index (χ3v) is 7.26. The van der Waals surface area contributed by atoms with E-state index in [-0.39, 0.29) is 17.3 Å². The normalized spacial score (nSPS) is 31.9. The standard InChI is InChI=1S/C22H28ClN3O3/c1-2-14-3-5-17(6-4-14)19(28)26-25-18(27)12-24-20(29)21-8-15-7-16(9-21)11-22(23,10-15)13-21/h3-6,15-16H,2,7-13H2,1H3,(H,24,29)(H,25,27)(H,26,28)/t15-,16+,21?,22?. The maximum absolute atomic E-state index is 12.9. The van der Waals surface area contributed by atoms with E-state index in [1.54, 1.807) is 12.1 Å². The van der Waals surface area contributed by atoms with Crippen LogP contribution >= 0.6 is 11.6 Å². The van der Waals surface area contributed by atoms with Crippen molar-refractivity contribution in [3.8, 4) is 0 Å². The lowest BCUT2D eigenvalue weighted by molar-refractivity contribution is -0.145. The molecule has 0 heterocycles. The Morgan fingerprint density at radius 3 is 2.28 bits per heavy atom. The fourth-order valence-corrected chi connectivity index (χ4v) is 6.59. The molecule has 0 radical (unpaired) electrons. The van der Waals surface area contributed by atoms with Crippen molar-refractivity contribution >= 4 is 29.3 Å². The van der Waals surface area contributed by atoms with Gasteiger partial charge in [-0.3, -0.25) is 25.2 Å². The van der Waals surface area contributed by atoms with Crippen molar-refractivity contribution in [2.75, 3.05) is 6.54 Å². The molecule has 5 rings (SSSR count). The van der Waals surface area contributed by atoms with Crippen LogP contribution in [-0.4, -0.2) is 29.1 Å². The molecule has 1 aromatic carbocycles. The highest BCUT2D eigenvalue weighted by Crippen LogP contribution is 2.63. The van der Waals surface area contributed by atoms with Crippen LogP contribution in [0.15, 0.2) is 24.3 Å². The van der Waals surface area contributed by atoms with Gasteiger partial charge in [-0.05, 0) is 74.5 Å². The van der Waals surface area contributed by atoms with E-state index in [1.807, 2.05) is 19.1 Å². The summed E-state index contributed by atoms with van der Waals surface area (Å²) in [6.45, 7) is 1.88. The number of hydrogen-bond donors (Lipinski definition) is 3. The van der Waals surface area contributed by atoms with Crippen LogP contribution < -0.4 is 16.2 Å². The Balaban J connectivity index is 1.26. The van der Waals surface area contributed by atoms with E-state index in [1.165, 1.54) is 6.42 Å². The predicted octanol–water partition coefficient (Wildman–Crippen LogP) is 2.70. The van der Waals surface area contributed by atoms with Crippen molar-refractivity contribution in [2.45, 2.75) is 56.7 Å². The molecule has 6 nitrogen and oxygen atoms in total. The number of amides is 3. The van der Waals surface area contributed by atoms with Gasteiger partial charge in [0.2, 0.25) is 5.91 Å². The Morgan fingerprint density at radius 2 is 1.69 bits per heavy atom. The quantitative estimate of drug-likeness (QED) is 0.508. The van der Waals surface area contributed by atoms with E-state index in [9.17, 15) is 14.4 Å². The Labute approximate surface area is 176 Å². The number of alkyl halides is 1. The highest BCUT2D eigenvalue weighted by Gasteiger charge is 2.60. The summed E-state index contributed by atoms with van der Waals surface area (Å²) in [4.78, 5) is 36.9. The Bertz CT molecular complexity index is 809. The molecule has 4 atom stereocenters. The third-order valence-electron chi connectivity index (χ3n) is 6.82. The number of nitrogens with one attached hydrogen (secondary N) is 3. The van der Waals surface area contributed by atoms with Crippen LogP contribution in [0.2, 0.25) is 0 Å². The molecule has 3 N–H and O–H groups in total. The summed E-state index contributed by atoms with van der Waals surface area (Å²) in [5, 5.41) is 2.77. The van der Waals surface area contributed by atoms with Gasteiger partial charge in [0.1, 0.15) is 0 Å². The minimum Gasteiger partial charge on any atom is -0.346 e. The van der Waals surface area contributed by atoms with E-state index in [0.717, 1.165) is 37.7 Å². The van der Waals surface area contributed by atoms with Crippen LogP contribution in [0.1, 0.15) is 61.4 Å². The number of carbonyl (C=O) groups excluding carboxylic acids is 3. The maximum Gasteiger partial charge on any atom is 0.269 e. The molecule has 4 saturated carbocycles. The van der Waals surface area contributed by atoms with Crippen molar-refractivity contribution in [3.05, 3.63) is 35.4 Å². The summed E-state index contributed by atoms with van der Waals surface area (Å²) in [6.07, 6.45) is 6.53. The number of hydrazine groups is 1. The number of carbonyl (C=O) groups is 3. The van der Waals surface area contributed by atoms with Crippen LogP contribution in [0.3, 0.4) is 0 Å². The largest absolute Gasteiger partial charge is 0.346 e. The number of hydrogen-bond acceptors (Lipinski definition) is 3. The lowest BCUT2D eigenvalue weighted by atomic mass is 9.49. The van der Waals surface area contributed by atoms with Crippen LogP contribution in [0, 0.1) is 17.3 Å². The van der Waals surface area contributed by atoms with E-state index in [4.69, 9.17) is 11.6 Å². The molecule has 4 aliphatic carbocycles. The first-order valence-corrected chi connectivity index (χ1v) is 10.8. The molecule has 4 fully saturated rings. The van der Waals surface area contributed by atoms with E-state index < -0.39 is 17.2 Å². The Hall–Kier alpha value is -2.08. The molecule has 0 aromatic heterocycles. The summed E-state index contributed by atoms with van der Waals surface area (Å²) in [7, 11) is 0. The first-order valence-electron chi connectivity index (χ1n) is 10.5. The lowest BCUT2D eigenvalue weighted by Gasteiger charge is -2.59. The van der Waals surface area contributed by atoms with Gasteiger partial charge in [0.15, 0.2) is 0 Å². The van der Waals surface area contributed by atoms with E-state index in [0.29, 0.717) is 23.8 Å². The van der Waals surface area contributed by atoms with Crippen LogP contribution in [0.25, 0.3) is 0 Å². The summed E-state index contributed by atoms with van der Waals surface area (Å²) < 4.78 is 0. The molecule has 0 spiro atoms. The number of aryl methyl sites for hydroxylation is 1. The molecule has 7 heteroatoms. The molecule has 1 aromatic rings. The van der Waals surface area contributed by atoms with Gasteiger partial charge < -0.3 is 5.32 Å². The highest BCUT2D eigenvalue weighted by atomic mass is 35.5. The molecule has 156 valence electrons. The van der Waals surface area contributed by atoms with E-state index >= 15 is 0 Å². The van der Waals surface area contributed by atoms with Gasteiger partial charge in [-0.25, -0.2) is 0 Å². The highest BCUT2D eigenvalue weighted by molar-refractivity contribution is 6.24. The SMILES string of the molecule is CCc1ccc(C(=O)NNC(=O)CNC(=O)C23C[C@@H]4C[C@@H](CC(Cl)(C4)C2)C3)cc1. The Morgan fingerprint density at radius 1 is 1.03 bits per heavy atom. The summed E-state index contributed by atoms with van der Waals surface area (Å²) >= 11 is 6.78. The zero-order valence-electron chi connectivity index (χ0n) is 16.7. The van der Waals surface area contributed by atoms with Gasteiger partial charge in [0.05, 0.1) is 12.0 Å². The minimum absolute atomic E-state index is 0.0757. The topological polar surface area (TPSA) is 87.3 Å². The number of halogens is 1. The van der Waals surface area contributed by atoms with Crippen molar-refractivity contribution < 1.29 is 14.4 Å². The zero-order chi connectivity index (χ0) is 20.6. The minimum atomic E-state index is -0.456. The van der Waals surface area contributed by atoms with Crippen LogP contribution in [0.4, 0.5) is 0 Å². The predicted molar refractivity (Wildman–Crippen MR) is 110 cm³/mol. The summed E-state index contributed by atoms with van der Waals surface area (Å²) in [5.41, 5.74) is 5.92. The fourth-order valence-electron chi connectivity index (χ4n) is 5.90. The zero-order valence-corrected chi connectivity index (χ0v) is 17.5. The van der Waals surface area contributed by atoms with Gasteiger partial charge in [-0.1, -0.05) is 19.1 Å². The molecule has 4 bridgehead atoms. The average molecular weight is 418 g/mol. The van der Waals surface area contributed by atoms with Crippen LogP contribution in [0.5, 0.6) is 0 Å². The summed E-state index contributed by atoms with van der Waals surface area (Å²) in [6, 6.07) is 7.20. The molecule has 0 aliphatic heterocycles. The molecular weight excluding hydrogens is 390 g/mol. The summed E-state index contributed by atoms with van der Waals surface area (Å²) in [5.74, 6) is 0.117. The van der Waals surface area contributed by atoms with Crippen LogP contribution in [-0.2, 0) is 16.0 Å². The van der Waals surface area contributed by atoms with Crippen molar-refractivity contribution in [1.82, 2.24) is 16.2 Å². The monoisotopic (exact) mass is 417 g/mol. The maximum atomic E-state index is 12.9. The molecule has 2 unspecified atom stereocenters.